The zero-order chi connectivity index (χ0) is 16.1. The minimum atomic E-state index is 0.763. The van der Waals surface area contributed by atoms with Gasteiger partial charge in [0.1, 0.15) is 0 Å². The maximum Gasteiger partial charge on any atom is 0.0894 e. The van der Waals surface area contributed by atoms with Crippen LogP contribution in [0.2, 0.25) is 0 Å². The van der Waals surface area contributed by atoms with Gasteiger partial charge in [-0.25, -0.2) is 4.98 Å². The molecule has 0 aliphatic rings. The average molecular weight is 300 g/mol. The van der Waals surface area contributed by atoms with E-state index in [0.717, 1.165) is 33.4 Å². The molecule has 0 bridgehead atoms. The van der Waals surface area contributed by atoms with Crippen LogP contribution in [0.3, 0.4) is 0 Å². The molecule has 23 heavy (non-hydrogen) atoms. The summed E-state index contributed by atoms with van der Waals surface area (Å²) in [7, 11) is 0. The molecule has 0 radical (unpaired) electrons. The van der Waals surface area contributed by atoms with Crippen molar-refractivity contribution in [2.75, 3.05) is 0 Å². The lowest BCUT2D eigenvalue weighted by atomic mass is 10.0. The molecule has 1 heterocycles. The third-order valence-electron chi connectivity index (χ3n) is 3.48. The van der Waals surface area contributed by atoms with Crippen molar-refractivity contribution in [1.82, 2.24) is 9.97 Å². The summed E-state index contributed by atoms with van der Waals surface area (Å²) in [5.41, 5.74) is 5.31. The quantitative estimate of drug-likeness (QED) is 0.727. The number of allylic oxidation sites excluding steroid dienone is 1. The summed E-state index contributed by atoms with van der Waals surface area (Å²) in [4.78, 5) is 13.2. The van der Waals surface area contributed by atoms with Gasteiger partial charge in [-0.05, 0) is 24.6 Å². The Morgan fingerprint density at radius 2 is 1.78 bits per heavy atom. The van der Waals surface area contributed by atoms with E-state index in [1.165, 1.54) is 6.21 Å². The van der Waals surface area contributed by atoms with Crippen LogP contribution < -0.4 is 0 Å². The van der Waals surface area contributed by atoms with E-state index < -0.39 is 0 Å². The number of hydrogen-bond acceptors (Lipinski definition) is 4. The van der Waals surface area contributed by atoms with Crippen LogP contribution in [0, 0.1) is 5.41 Å². The highest BCUT2D eigenvalue weighted by Crippen LogP contribution is 2.21. The Labute approximate surface area is 134 Å². The topological polar surface area (TPSA) is 62.0 Å². The number of fused-ring (bicyclic) bond motifs is 1. The van der Waals surface area contributed by atoms with Gasteiger partial charge in [0.15, 0.2) is 0 Å². The first kappa shape index (κ1) is 14.8. The molecule has 0 unspecified atom stereocenters. The lowest BCUT2D eigenvalue weighted by molar-refractivity contribution is 1.29. The average Bonchev–Trinajstić information content (AvgIpc) is 2.62. The summed E-state index contributed by atoms with van der Waals surface area (Å²) in [6, 6.07) is 15.7. The van der Waals surface area contributed by atoms with Gasteiger partial charge in [-0.2, -0.15) is 0 Å². The summed E-state index contributed by atoms with van der Waals surface area (Å²) in [5, 5.41) is 7.49. The van der Waals surface area contributed by atoms with Crippen molar-refractivity contribution in [2.45, 2.75) is 6.92 Å². The lowest BCUT2D eigenvalue weighted by Crippen LogP contribution is -1.90. The largest absolute Gasteiger partial charge is 0.308 e. The summed E-state index contributed by atoms with van der Waals surface area (Å²) >= 11 is 0. The summed E-state index contributed by atoms with van der Waals surface area (Å²) < 4.78 is 0. The van der Waals surface area contributed by atoms with Gasteiger partial charge < -0.3 is 5.41 Å². The number of nitrogens with zero attached hydrogens (tertiary/aromatic N) is 3. The standard InChI is InChI=1S/C19H16N4/c1-2-21-12-16(11-20)14-7-9-15(10-8-14)19-13-22-17-5-3-4-6-18(17)23-19/h2-13,20H,1H3/b16-12+,20-11?,21-2?. The van der Waals surface area contributed by atoms with E-state index in [9.17, 15) is 0 Å². The van der Waals surface area contributed by atoms with Crippen molar-refractivity contribution in [1.29, 1.82) is 5.41 Å². The molecule has 0 amide bonds. The fourth-order valence-corrected chi connectivity index (χ4v) is 2.28. The molecule has 4 heteroatoms. The number of rotatable bonds is 4. The molecule has 2 aromatic carbocycles. The Morgan fingerprint density at radius 3 is 2.48 bits per heavy atom. The zero-order valence-corrected chi connectivity index (χ0v) is 12.8. The van der Waals surface area contributed by atoms with Crippen molar-refractivity contribution in [2.24, 2.45) is 4.99 Å². The maximum absolute atomic E-state index is 7.49. The Bertz CT molecular complexity index is 893. The number of aliphatic imine (C=N–C) groups is 1. The molecule has 0 atom stereocenters. The first-order valence-corrected chi connectivity index (χ1v) is 7.33. The molecule has 0 spiro atoms. The van der Waals surface area contributed by atoms with Gasteiger partial charge in [0.25, 0.3) is 0 Å². The molecule has 1 aromatic heterocycles. The third-order valence-corrected chi connectivity index (χ3v) is 3.48. The maximum atomic E-state index is 7.49. The van der Waals surface area contributed by atoms with Crippen LogP contribution >= 0.6 is 0 Å². The SMILES string of the molecule is CC=N/C=C(\C=N)c1ccc(-c2cnc3ccccc3n2)cc1. The van der Waals surface area contributed by atoms with Gasteiger partial charge in [-0.3, -0.25) is 9.98 Å². The molecular formula is C19H16N4. The molecule has 0 aliphatic carbocycles. The summed E-state index contributed by atoms with van der Waals surface area (Å²) in [6.45, 7) is 1.85. The second-order valence-electron chi connectivity index (χ2n) is 4.96. The minimum absolute atomic E-state index is 0.763. The van der Waals surface area contributed by atoms with Gasteiger partial charge in [-0.1, -0.05) is 36.4 Å². The highest BCUT2D eigenvalue weighted by atomic mass is 14.8. The second kappa shape index (κ2) is 6.75. The number of nitrogens with one attached hydrogen (secondary N) is 1. The van der Waals surface area contributed by atoms with E-state index in [1.807, 2.05) is 55.5 Å². The summed E-state index contributed by atoms with van der Waals surface area (Å²) in [6.07, 6.45) is 6.46. The number of benzene rings is 2. The van der Waals surface area contributed by atoms with E-state index in [-0.39, 0.29) is 0 Å². The van der Waals surface area contributed by atoms with Crippen molar-refractivity contribution in [3.8, 4) is 11.3 Å². The van der Waals surface area contributed by atoms with E-state index in [1.54, 1.807) is 18.6 Å². The Hall–Kier alpha value is -3.14. The van der Waals surface area contributed by atoms with Crippen LogP contribution in [0.4, 0.5) is 0 Å². The molecule has 0 fully saturated rings. The van der Waals surface area contributed by atoms with Crippen molar-refractivity contribution in [3.05, 3.63) is 66.5 Å². The number of aromatic nitrogens is 2. The molecule has 3 rings (SSSR count). The van der Waals surface area contributed by atoms with Gasteiger partial charge in [0, 0.05) is 29.8 Å². The molecule has 0 aliphatic heterocycles. The third kappa shape index (κ3) is 3.21. The minimum Gasteiger partial charge on any atom is -0.308 e. The lowest BCUT2D eigenvalue weighted by Gasteiger charge is -2.05. The monoisotopic (exact) mass is 300 g/mol. The van der Waals surface area contributed by atoms with E-state index in [2.05, 4.69) is 15.0 Å². The zero-order valence-electron chi connectivity index (χ0n) is 12.8. The van der Waals surface area contributed by atoms with Crippen LogP contribution in [0.5, 0.6) is 0 Å². The fraction of sp³-hybridized carbons (Fsp3) is 0.0526. The number of para-hydroxylation sites is 2. The first-order valence-electron chi connectivity index (χ1n) is 7.33. The van der Waals surface area contributed by atoms with E-state index in [0.29, 0.717) is 0 Å². The van der Waals surface area contributed by atoms with Crippen LogP contribution in [-0.2, 0) is 0 Å². The van der Waals surface area contributed by atoms with Crippen molar-refractivity contribution < 1.29 is 0 Å². The van der Waals surface area contributed by atoms with Crippen LogP contribution in [0.15, 0.2) is 65.9 Å². The van der Waals surface area contributed by atoms with Gasteiger partial charge in [0.2, 0.25) is 0 Å². The molecule has 0 saturated heterocycles. The molecular weight excluding hydrogens is 284 g/mol. The first-order chi connectivity index (χ1) is 11.3. The van der Waals surface area contributed by atoms with Crippen molar-refractivity contribution >= 4 is 29.0 Å². The highest BCUT2D eigenvalue weighted by molar-refractivity contribution is 6.08. The van der Waals surface area contributed by atoms with Crippen LogP contribution in [0.25, 0.3) is 27.9 Å². The van der Waals surface area contributed by atoms with Crippen LogP contribution in [-0.4, -0.2) is 22.4 Å². The smallest absolute Gasteiger partial charge is 0.0894 e. The number of hydrogen-bond donors (Lipinski definition) is 1. The normalized spacial score (nSPS) is 12.0. The Kier molecular flexibility index (Phi) is 4.34. The Morgan fingerprint density at radius 1 is 1.04 bits per heavy atom. The van der Waals surface area contributed by atoms with Gasteiger partial charge in [0.05, 0.1) is 22.9 Å². The van der Waals surface area contributed by atoms with E-state index in [4.69, 9.17) is 5.41 Å². The predicted octanol–water partition coefficient (Wildman–Crippen LogP) is 4.38. The molecule has 112 valence electrons. The van der Waals surface area contributed by atoms with Crippen LogP contribution in [0.1, 0.15) is 12.5 Å². The van der Waals surface area contributed by atoms with Gasteiger partial charge >= 0.3 is 0 Å². The van der Waals surface area contributed by atoms with Gasteiger partial charge in [-0.15, -0.1) is 0 Å². The second-order valence-corrected chi connectivity index (χ2v) is 4.96. The Balaban J connectivity index is 1.96. The highest BCUT2D eigenvalue weighted by Gasteiger charge is 2.04. The summed E-state index contributed by atoms with van der Waals surface area (Å²) in [5.74, 6) is 0. The fourth-order valence-electron chi connectivity index (χ4n) is 2.28. The van der Waals surface area contributed by atoms with E-state index >= 15 is 0 Å². The molecule has 4 nitrogen and oxygen atoms in total. The molecule has 3 aromatic rings. The molecule has 0 saturated carbocycles. The molecule has 1 N–H and O–H groups in total. The predicted molar refractivity (Wildman–Crippen MR) is 95.9 cm³/mol. The van der Waals surface area contributed by atoms with Crippen molar-refractivity contribution in [3.63, 3.8) is 0 Å².